The fourth-order valence-electron chi connectivity index (χ4n) is 1.77. The third kappa shape index (κ3) is 4.36. The largest absolute Gasteiger partial charge is 0.493 e. The lowest BCUT2D eigenvalue weighted by molar-refractivity contribution is 0.230. The van der Waals surface area contributed by atoms with Crippen LogP contribution < -0.4 is 14.9 Å². The topological polar surface area (TPSA) is 55.7 Å². The quantitative estimate of drug-likeness (QED) is 0.646. The number of nitrogens with zero attached hydrogens (tertiary/aromatic N) is 2. The molecule has 0 atom stereocenters. The SMILES string of the molecule is COc1cc(/C=N\Nc2ccccn2)cc(Cl)c1OC(C)C. The van der Waals surface area contributed by atoms with Crippen LogP contribution in [0.2, 0.25) is 5.02 Å². The van der Waals surface area contributed by atoms with Gasteiger partial charge in [0, 0.05) is 6.20 Å². The van der Waals surface area contributed by atoms with Crippen molar-refractivity contribution in [2.45, 2.75) is 20.0 Å². The van der Waals surface area contributed by atoms with Crippen LogP contribution in [-0.2, 0) is 0 Å². The maximum atomic E-state index is 6.25. The van der Waals surface area contributed by atoms with E-state index in [0.717, 1.165) is 5.56 Å². The number of pyridine rings is 1. The second-order valence-corrected chi connectivity index (χ2v) is 5.19. The normalized spacial score (nSPS) is 11.0. The first-order chi connectivity index (χ1) is 10.6. The summed E-state index contributed by atoms with van der Waals surface area (Å²) in [6.45, 7) is 3.86. The Bertz CT molecular complexity index is 645. The summed E-state index contributed by atoms with van der Waals surface area (Å²) in [4.78, 5) is 4.11. The van der Waals surface area contributed by atoms with Gasteiger partial charge in [-0.1, -0.05) is 17.7 Å². The minimum absolute atomic E-state index is 0.0109. The van der Waals surface area contributed by atoms with Gasteiger partial charge in [-0.2, -0.15) is 5.10 Å². The molecule has 6 heteroatoms. The first kappa shape index (κ1) is 16.1. The molecule has 22 heavy (non-hydrogen) atoms. The number of aromatic nitrogens is 1. The number of anilines is 1. The highest BCUT2D eigenvalue weighted by molar-refractivity contribution is 6.32. The molecule has 0 unspecified atom stereocenters. The predicted octanol–water partition coefficient (Wildman–Crippen LogP) is 3.98. The zero-order valence-electron chi connectivity index (χ0n) is 12.7. The molecule has 2 rings (SSSR count). The maximum absolute atomic E-state index is 6.25. The molecule has 0 saturated carbocycles. The van der Waals surface area contributed by atoms with Gasteiger partial charge in [-0.3, -0.25) is 5.43 Å². The minimum atomic E-state index is 0.0109. The van der Waals surface area contributed by atoms with Gasteiger partial charge in [-0.05, 0) is 43.7 Å². The number of hydrogen-bond acceptors (Lipinski definition) is 5. The Morgan fingerprint density at radius 1 is 1.32 bits per heavy atom. The second-order valence-electron chi connectivity index (χ2n) is 4.79. The van der Waals surface area contributed by atoms with Gasteiger partial charge >= 0.3 is 0 Å². The molecule has 0 bridgehead atoms. The lowest BCUT2D eigenvalue weighted by atomic mass is 10.2. The zero-order valence-corrected chi connectivity index (χ0v) is 13.5. The molecule has 5 nitrogen and oxygen atoms in total. The molecule has 2 aromatic rings. The predicted molar refractivity (Wildman–Crippen MR) is 89.2 cm³/mol. The third-order valence-corrected chi connectivity index (χ3v) is 2.94. The van der Waals surface area contributed by atoms with Gasteiger partial charge in [-0.15, -0.1) is 0 Å². The third-order valence-electron chi connectivity index (χ3n) is 2.66. The van der Waals surface area contributed by atoms with Gasteiger partial charge in [0.15, 0.2) is 11.5 Å². The summed E-state index contributed by atoms with van der Waals surface area (Å²) in [6, 6.07) is 9.12. The number of ether oxygens (including phenoxy) is 2. The van der Waals surface area contributed by atoms with Crippen molar-refractivity contribution in [3.05, 3.63) is 47.1 Å². The van der Waals surface area contributed by atoms with Crippen LogP contribution in [0.1, 0.15) is 19.4 Å². The average Bonchev–Trinajstić information content (AvgIpc) is 2.50. The van der Waals surface area contributed by atoms with Crippen molar-refractivity contribution in [3.63, 3.8) is 0 Å². The monoisotopic (exact) mass is 319 g/mol. The van der Waals surface area contributed by atoms with E-state index in [1.54, 1.807) is 25.6 Å². The first-order valence-electron chi connectivity index (χ1n) is 6.84. The smallest absolute Gasteiger partial charge is 0.180 e. The molecule has 0 fully saturated rings. The van der Waals surface area contributed by atoms with Crippen LogP contribution in [0.25, 0.3) is 0 Å². The molecule has 1 aromatic carbocycles. The van der Waals surface area contributed by atoms with Gasteiger partial charge < -0.3 is 9.47 Å². The van der Waals surface area contributed by atoms with Crippen LogP contribution in [0, 0.1) is 0 Å². The van der Waals surface area contributed by atoms with E-state index in [1.807, 2.05) is 38.1 Å². The van der Waals surface area contributed by atoms with Gasteiger partial charge in [-0.25, -0.2) is 4.98 Å². The fraction of sp³-hybridized carbons (Fsp3) is 0.250. The lowest BCUT2D eigenvalue weighted by Crippen LogP contribution is -2.07. The Balaban J connectivity index is 2.16. The van der Waals surface area contributed by atoms with Crippen molar-refractivity contribution in [1.82, 2.24) is 4.98 Å². The summed E-state index contributed by atoms with van der Waals surface area (Å²) >= 11 is 6.25. The summed E-state index contributed by atoms with van der Waals surface area (Å²) in [5, 5.41) is 4.61. The van der Waals surface area contributed by atoms with Crippen LogP contribution in [0.15, 0.2) is 41.6 Å². The average molecular weight is 320 g/mol. The Labute approximate surface area is 134 Å². The Morgan fingerprint density at radius 2 is 2.14 bits per heavy atom. The van der Waals surface area contributed by atoms with Crippen molar-refractivity contribution < 1.29 is 9.47 Å². The molecule has 0 spiro atoms. The summed E-state index contributed by atoms with van der Waals surface area (Å²) in [6.07, 6.45) is 3.34. The number of hydrogen-bond donors (Lipinski definition) is 1. The van der Waals surface area contributed by atoms with E-state index in [2.05, 4.69) is 15.5 Å². The molecular formula is C16H18ClN3O2. The first-order valence-corrected chi connectivity index (χ1v) is 7.22. The molecule has 0 saturated heterocycles. The van der Waals surface area contributed by atoms with Gasteiger partial charge in [0.05, 0.1) is 24.5 Å². The number of hydrazone groups is 1. The van der Waals surface area contributed by atoms with Gasteiger partial charge in [0.25, 0.3) is 0 Å². The summed E-state index contributed by atoms with van der Waals surface area (Å²) in [7, 11) is 1.58. The highest BCUT2D eigenvalue weighted by Gasteiger charge is 2.12. The van der Waals surface area contributed by atoms with Crippen LogP contribution in [-0.4, -0.2) is 24.4 Å². The van der Waals surface area contributed by atoms with Gasteiger partial charge in [0.2, 0.25) is 0 Å². The molecule has 1 aromatic heterocycles. The highest BCUT2D eigenvalue weighted by atomic mass is 35.5. The number of nitrogens with one attached hydrogen (secondary N) is 1. The Morgan fingerprint density at radius 3 is 2.77 bits per heavy atom. The molecule has 116 valence electrons. The standard InChI is InChI=1S/C16H18ClN3O2/c1-11(2)22-16-13(17)8-12(9-14(16)21-3)10-19-20-15-6-4-5-7-18-15/h4-11H,1-3H3,(H,18,20)/b19-10-. The number of methoxy groups -OCH3 is 1. The van der Waals surface area contributed by atoms with E-state index < -0.39 is 0 Å². The molecule has 0 amide bonds. The van der Waals surface area contributed by atoms with Crippen LogP contribution >= 0.6 is 11.6 Å². The molecular weight excluding hydrogens is 302 g/mol. The van der Waals surface area contributed by atoms with E-state index in [-0.39, 0.29) is 6.10 Å². The van der Waals surface area contributed by atoms with Crippen molar-refractivity contribution >= 4 is 23.6 Å². The maximum Gasteiger partial charge on any atom is 0.180 e. The summed E-state index contributed by atoms with van der Waals surface area (Å²) in [5.74, 6) is 1.77. The van der Waals surface area contributed by atoms with E-state index in [9.17, 15) is 0 Å². The van der Waals surface area contributed by atoms with Crippen molar-refractivity contribution in [3.8, 4) is 11.5 Å². The summed E-state index contributed by atoms with van der Waals surface area (Å²) in [5.41, 5.74) is 3.63. The molecule has 0 aliphatic heterocycles. The zero-order chi connectivity index (χ0) is 15.9. The fourth-order valence-corrected chi connectivity index (χ4v) is 2.03. The van der Waals surface area contributed by atoms with Crippen LogP contribution in [0.4, 0.5) is 5.82 Å². The number of benzene rings is 1. The molecule has 1 N–H and O–H groups in total. The number of rotatable bonds is 6. The van der Waals surface area contributed by atoms with E-state index in [4.69, 9.17) is 21.1 Å². The van der Waals surface area contributed by atoms with Crippen molar-refractivity contribution in [2.75, 3.05) is 12.5 Å². The van der Waals surface area contributed by atoms with Crippen LogP contribution in [0.3, 0.4) is 0 Å². The van der Waals surface area contributed by atoms with Crippen molar-refractivity contribution in [2.24, 2.45) is 5.10 Å². The van der Waals surface area contributed by atoms with Crippen LogP contribution in [0.5, 0.6) is 11.5 Å². The van der Waals surface area contributed by atoms with E-state index in [0.29, 0.717) is 22.3 Å². The van der Waals surface area contributed by atoms with E-state index >= 15 is 0 Å². The molecule has 0 aliphatic carbocycles. The molecule has 0 radical (unpaired) electrons. The van der Waals surface area contributed by atoms with E-state index in [1.165, 1.54) is 0 Å². The second kappa shape index (κ2) is 7.66. The highest BCUT2D eigenvalue weighted by Crippen LogP contribution is 2.36. The molecule has 1 heterocycles. The molecule has 0 aliphatic rings. The van der Waals surface area contributed by atoms with Crippen molar-refractivity contribution in [1.29, 1.82) is 0 Å². The number of halogens is 1. The van der Waals surface area contributed by atoms with Gasteiger partial charge in [0.1, 0.15) is 5.82 Å². The Kier molecular flexibility index (Phi) is 5.61. The lowest BCUT2D eigenvalue weighted by Gasteiger charge is -2.15. The Hall–Kier alpha value is -2.27. The summed E-state index contributed by atoms with van der Waals surface area (Å²) < 4.78 is 11.0. The minimum Gasteiger partial charge on any atom is -0.493 e.